The van der Waals surface area contributed by atoms with Gasteiger partial charge in [-0.05, 0) is 38.4 Å². The first-order valence-corrected chi connectivity index (χ1v) is 8.03. The average molecular weight is 344 g/mol. The van der Waals surface area contributed by atoms with Gasteiger partial charge in [0.05, 0.1) is 21.5 Å². The number of carbonyl (C=O) groups excluding carboxylic acids is 1. The Labute approximate surface area is 144 Å². The largest absolute Gasteiger partial charge is 0.354 e. The third kappa shape index (κ3) is 3.00. The summed E-state index contributed by atoms with van der Waals surface area (Å²) in [6, 6.07) is 10.6. The van der Waals surface area contributed by atoms with Crippen molar-refractivity contribution in [2.45, 2.75) is 0 Å². The van der Waals surface area contributed by atoms with Crippen LogP contribution in [-0.2, 0) is 0 Å². The first-order valence-electron chi connectivity index (χ1n) is 7.65. The van der Waals surface area contributed by atoms with E-state index in [0.717, 1.165) is 12.1 Å². The Morgan fingerprint density at radius 3 is 2.67 bits per heavy atom. The van der Waals surface area contributed by atoms with Crippen LogP contribution in [0.4, 0.5) is 0 Å². The first-order chi connectivity index (χ1) is 11.5. The van der Waals surface area contributed by atoms with Crippen LogP contribution >= 0.6 is 11.6 Å². The molecule has 0 aliphatic carbocycles. The first kappa shape index (κ1) is 16.5. The molecule has 0 saturated heterocycles. The van der Waals surface area contributed by atoms with E-state index < -0.39 is 0 Å². The summed E-state index contributed by atoms with van der Waals surface area (Å²) in [5.41, 5.74) is 1.50. The van der Waals surface area contributed by atoms with Crippen molar-refractivity contribution in [2.75, 3.05) is 27.2 Å². The minimum Gasteiger partial charge on any atom is -0.354 e. The van der Waals surface area contributed by atoms with Gasteiger partial charge in [0, 0.05) is 24.0 Å². The Balaban J connectivity index is 2.07. The van der Waals surface area contributed by atoms with E-state index in [1.54, 1.807) is 24.3 Å². The molecule has 6 heteroatoms. The molecule has 0 saturated carbocycles. The Hall–Kier alpha value is -2.37. The van der Waals surface area contributed by atoms with Crippen molar-refractivity contribution in [1.29, 1.82) is 0 Å². The maximum Gasteiger partial charge on any atom is 0.252 e. The number of carbonyl (C=O) groups is 1. The molecule has 1 aromatic heterocycles. The highest BCUT2D eigenvalue weighted by Crippen LogP contribution is 2.25. The molecule has 3 aromatic rings. The number of fused-ring (bicyclic) bond motifs is 2. The summed E-state index contributed by atoms with van der Waals surface area (Å²) in [5.74, 6) is -0.281. The number of hydrogen-bond acceptors (Lipinski definition) is 3. The molecule has 0 fully saturated rings. The number of rotatable bonds is 4. The van der Waals surface area contributed by atoms with Gasteiger partial charge in [-0.15, -0.1) is 0 Å². The van der Waals surface area contributed by atoms with Gasteiger partial charge in [0.1, 0.15) is 0 Å². The molecule has 24 heavy (non-hydrogen) atoms. The summed E-state index contributed by atoms with van der Waals surface area (Å²) < 4.78 is 0. The van der Waals surface area contributed by atoms with Gasteiger partial charge in [-0.2, -0.15) is 0 Å². The summed E-state index contributed by atoms with van der Waals surface area (Å²) in [7, 11) is 3.86. The summed E-state index contributed by atoms with van der Waals surface area (Å²) in [6.07, 6.45) is 0. The second kappa shape index (κ2) is 6.63. The molecule has 0 bridgehead atoms. The smallest absolute Gasteiger partial charge is 0.252 e. The molecule has 0 unspecified atom stereocenters. The number of H-pyrrole nitrogens is 1. The van der Waals surface area contributed by atoms with E-state index in [-0.39, 0.29) is 16.4 Å². The van der Waals surface area contributed by atoms with Crippen molar-refractivity contribution in [3.8, 4) is 0 Å². The fourth-order valence-corrected chi connectivity index (χ4v) is 2.97. The van der Waals surface area contributed by atoms with Crippen molar-refractivity contribution in [1.82, 2.24) is 15.2 Å². The zero-order valence-corrected chi connectivity index (χ0v) is 14.3. The summed E-state index contributed by atoms with van der Waals surface area (Å²) in [5, 5.41) is 3.89. The van der Waals surface area contributed by atoms with Gasteiger partial charge in [0.15, 0.2) is 5.43 Å². The van der Waals surface area contributed by atoms with Gasteiger partial charge in [-0.3, -0.25) is 9.59 Å². The number of nitrogens with zero attached hydrogens (tertiary/aromatic N) is 1. The molecule has 1 heterocycles. The quantitative estimate of drug-likeness (QED) is 0.716. The lowest BCUT2D eigenvalue weighted by molar-refractivity contribution is 0.0951. The van der Waals surface area contributed by atoms with Crippen molar-refractivity contribution < 1.29 is 4.79 Å². The number of nitrogens with one attached hydrogen (secondary N) is 2. The molecular weight excluding hydrogens is 326 g/mol. The fourth-order valence-electron chi connectivity index (χ4n) is 2.64. The van der Waals surface area contributed by atoms with Gasteiger partial charge < -0.3 is 15.2 Å². The van der Waals surface area contributed by atoms with Crippen LogP contribution in [0.1, 0.15) is 10.4 Å². The second-order valence-electron chi connectivity index (χ2n) is 5.91. The maximum absolute atomic E-state index is 12.7. The number of para-hydroxylation sites is 1. The van der Waals surface area contributed by atoms with E-state index in [1.165, 1.54) is 0 Å². The van der Waals surface area contributed by atoms with Crippen LogP contribution in [0.5, 0.6) is 0 Å². The predicted molar refractivity (Wildman–Crippen MR) is 98.0 cm³/mol. The number of pyridine rings is 1. The third-order valence-electron chi connectivity index (χ3n) is 3.90. The van der Waals surface area contributed by atoms with Gasteiger partial charge >= 0.3 is 0 Å². The van der Waals surface area contributed by atoms with Gasteiger partial charge in [0.25, 0.3) is 5.91 Å². The minimum atomic E-state index is -0.281. The highest BCUT2D eigenvalue weighted by atomic mass is 35.5. The van der Waals surface area contributed by atoms with Crippen LogP contribution in [0.15, 0.2) is 41.2 Å². The van der Waals surface area contributed by atoms with Gasteiger partial charge in [-0.25, -0.2) is 0 Å². The van der Waals surface area contributed by atoms with Crippen molar-refractivity contribution in [2.24, 2.45) is 0 Å². The van der Waals surface area contributed by atoms with Crippen LogP contribution in [0.2, 0.25) is 5.02 Å². The lowest BCUT2D eigenvalue weighted by atomic mass is 10.1. The van der Waals surface area contributed by atoms with Crippen LogP contribution in [0.25, 0.3) is 21.8 Å². The molecule has 0 aliphatic rings. The highest BCUT2D eigenvalue weighted by molar-refractivity contribution is 6.38. The molecule has 2 aromatic carbocycles. The monoisotopic (exact) mass is 343 g/mol. The molecule has 5 nitrogen and oxygen atoms in total. The lowest BCUT2D eigenvalue weighted by Crippen LogP contribution is -2.31. The topological polar surface area (TPSA) is 65.2 Å². The van der Waals surface area contributed by atoms with Crippen molar-refractivity contribution >= 4 is 39.3 Å². The number of benzene rings is 2. The Bertz CT molecular complexity index is 979. The number of halogens is 1. The highest BCUT2D eigenvalue weighted by Gasteiger charge is 2.16. The van der Waals surface area contributed by atoms with E-state index in [2.05, 4.69) is 10.3 Å². The molecule has 0 aliphatic heterocycles. The minimum absolute atomic E-state index is 0.174. The molecule has 3 rings (SSSR count). The number of amides is 1. The summed E-state index contributed by atoms with van der Waals surface area (Å²) in [6.45, 7) is 1.23. The zero-order valence-electron chi connectivity index (χ0n) is 13.5. The number of aromatic nitrogens is 1. The summed E-state index contributed by atoms with van der Waals surface area (Å²) >= 11 is 6.39. The number of aromatic amines is 1. The fraction of sp³-hybridized carbons (Fsp3) is 0.222. The van der Waals surface area contributed by atoms with Crippen molar-refractivity contribution in [3.63, 3.8) is 0 Å². The standard InChI is InChI=1S/C18H18ClN3O2/c1-22(2)10-9-20-18(24)12-7-8-14-15(16(12)19)17(23)11-5-3-4-6-13(11)21-14/h3-8H,9-10H2,1-2H3,(H,20,24)(H,21,23). The molecule has 0 radical (unpaired) electrons. The average Bonchev–Trinajstić information content (AvgIpc) is 2.54. The Kier molecular flexibility index (Phi) is 4.55. The third-order valence-corrected chi connectivity index (χ3v) is 4.29. The lowest BCUT2D eigenvalue weighted by Gasteiger charge is -2.12. The summed E-state index contributed by atoms with van der Waals surface area (Å²) in [4.78, 5) is 30.2. The molecule has 0 spiro atoms. The van der Waals surface area contributed by atoms with Crippen LogP contribution < -0.4 is 10.7 Å². The van der Waals surface area contributed by atoms with Gasteiger partial charge in [-0.1, -0.05) is 23.7 Å². The molecule has 1 amide bonds. The van der Waals surface area contributed by atoms with E-state index in [9.17, 15) is 9.59 Å². The van der Waals surface area contributed by atoms with E-state index in [0.29, 0.717) is 28.4 Å². The maximum atomic E-state index is 12.7. The Morgan fingerprint density at radius 1 is 1.17 bits per heavy atom. The number of likely N-dealkylation sites (N-methyl/N-ethyl adjacent to an activating group) is 1. The van der Waals surface area contributed by atoms with E-state index in [1.807, 2.05) is 31.1 Å². The SMILES string of the molecule is CN(C)CCNC(=O)c1ccc2[nH]c3ccccc3c(=O)c2c1Cl. The molecular formula is C18H18ClN3O2. The molecule has 0 atom stereocenters. The van der Waals surface area contributed by atoms with Crippen LogP contribution in [0.3, 0.4) is 0 Å². The molecule has 124 valence electrons. The predicted octanol–water partition coefficient (Wildman–Crippen LogP) is 2.63. The normalized spacial score (nSPS) is 11.3. The van der Waals surface area contributed by atoms with Crippen molar-refractivity contribution in [3.05, 3.63) is 57.2 Å². The van der Waals surface area contributed by atoms with Crippen LogP contribution in [0, 0.1) is 0 Å². The van der Waals surface area contributed by atoms with E-state index >= 15 is 0 Å². The number of hydrogen-bond donors (Lipinski definition) is 2. The molecule has 2 N–H and O–H groups in total. The second-order valence-corrected chi connectivity index (χ2v) is 6.29. The van der Waals surface area contributed by atoms with Gasteiger partial charge in [0.2, 0.25) is 0 Å². The van der Waals surface area contributed by atoms with Crippen LogP contribution in [-0.4, -0.2) is 43.0 Å². The zero-order chi connectivity index (χ0) is 17.3. The Morgan fingerprint density at radius 2 is 1.92 bits per heavy atom. The van der Waals surface area contributed by atoms with E-state index in [4.69, 9.17) is 11.6 Å².